The fourth-order valence-corrected chi connectivity index (χ4v) is 2.40. The maximum Gasteiger partial charge on any atom is 0.251 e. The molecule has 0 saturated heterocycles. The second kappa shape index (κ2) is 9.79. The molecule has 0 spiro atoms. The van der Waals surface area contributed by atoms with E-state index in [0.29, 0.717) is 18.7 Å². The Balaban J connectivity index is 0.00000242. The summed E-state index contributed by atoms with van der Waals surface area (Å²) in [5, 5.41) is 8.26. The van der Waals surface area contributed by atoms with Crippen LogP contribution in [0.15, 0.2) is 40.9 Å². The normalized spacial score (nSPS) is 10.3. The fraction of sp³-hybridized carbons (Fsp3) is 0.312. The summed E-state index contributed by atoms with van der Waals surface area (Å²) in [4.78, 5) is 12.1. The van der Waals surface area contributed by atoms with Crippen LogP contribution in [0.5, 0.6) is 0 Å². The maximum atomic E-state index is 12.1. The third kappa shape index (κ3) is 5.57. The summed E-state index contributed by atoms with van der Waals surface area (Å²) in [6.45, 7) is 2.79. The van der Waals surface area contributed by atoms with Crippen LogP contribution in [0.1, 0.15) is 10.4 Å². The fourth-order valence-electron chi connectivity index (χ4n) is 2.02. The molecule has 0 aromatic heterocycles. The zero-order valence-corrected chi connectivity index (χ0v) is 14.8. The number of hydrogen-bond acceptors (Lipinski definition) is 3. The van der Waals surface area contributed by atoms with Gasteiger partial charge in [0.1, 0.15) is 0 Å². The molecule has 0 radical (unpaired) electrons. The average Bonchev–Trinajstić information content (AvgIpc) is 2.50. The monoisotopic (exact) mass is 386 g/mol. The van der Waals surface area contributed by atoms with E-state index in [0.717, 1.165) is 28.3 Å². The van der Waals surface area contributed by atoms with Crippen molar-refractivity contribution >= 4 is 45.0 Å². The molecule has 0 aliphatic rings. The second-order valence-electron chi connectivity index (χ2n) is 4.70. The van der Waals surface area contributed by atoms with Crippen molar-refractivity contribution in [3.05, 3.63) is 46.4 Å². The largest absolute Gasteiger partial charge is 0.383 e. The lowest BCUT2D eigenvalue weighted by Gasteiger charge is -2.07. The Hall–Kier alpha value is -1.14. The van der Waals surface area contributed by atoms with E-state index in [4.69, 9.17) is 4.74 Å². The maximum absolute atomic E-state index is 12.1. The summed E-state index contributed by atoms with van der Waals surface area (Å²) in [7, 11) is 1.67. The molecule has 2 aromatic carbocycles. The molecule has 2 N–H and O–H groups in total. The van der Waals surface area contributed by atoms with Crippen LogP contribution in [-0.4, -0.2) is 39.3 Å². The van der Waals surface area contributed by atoms with E-state index < -0.39 is 0 Å². The minimum atomic E-state index is -0.0478. The predicted octanol–water partition coefficient (Wildman–Crippen LogP) is 2.99. The Morgan fingerprint density at radius 3 is 2.59 bits per heavy atom. The third-order valence-corrected chi connectivity index (χ3v) is 3.63. The quantitative estimate of drug-likeness (QED) is 0.718. The average molecular weight is 388 g/mol. The third-order valence-electron chi connectivity index (χ3n) is 3.13. The van der Waals surface area contributed by atoms with Gasteiger partial charge in [-0.2, -0.15) is 0 Å². The summed E-state index contributed by atoms with van der Waals surface area (Å²) >= 11 is 3.44. The number of ether oxygens (including phenoxy) is 1. The van der Waals surface area contributed by atoms with Crippen LogP contribution in [0.25, 0.3) is 10.8 Å². The molecule has 120 valence electrons. The van der Waals surface area contributed by atoms with E-state index in [9.17, 15) is 4.79 Å². The number of amides is 1. The number of rotatable bonds is 7. The van der Waals surface area contributed by atoms with Gasteiger partial charge >= 0.3 is 0 Å². The number of benzene rings is 2. The molecular weight excluding hydrogens is 368 g/mol. The molecule has 22 heavy (non-hydrogen) atoms. The first-order valence-corrected chi connectivity index (χ1v) is 7.67. The smallest absolute Gasteiger partial charge is 0.251 e. The Morgan fingerprint density at radius 1 is 1.09 bits per heavy atom. The van der Waals surface area contributed by atoms with Gasteiger partial charge in [-0.1, -0.05) is 28.1 Å². The van der Waals surface area contributed by atoms with E-state index in [1.165, 1.54) is 0 Å². The first-order valence-electron chi connectivity index (χ1n) is 6.88. The summed E-state index contributed by atoms with van der Waals surface area (Å²) in [5.41, 5.74) is 0.682. The zero-order valence-electron chi connectivity index (χ0n) is 12.4. The van der Waals surface area contributed by atoms with Crippen LogP contribution in [-0.2, 0) is 4.74 Å². The topological polar surface area (TPSA) is 50.4 Å². The highest BCUT2D eigenvalue weighted by Gasteiger charge is 2.05. The highest BCUT2D eigenvalue weighted by molar-refractivity contribution is 9.10. The summed E-state index contributed by atoms with van der Waals surface area (Å²) in [6.07, 6.45) is 0. The van der Waals surface area contributed by atoms with Gasteiger partial charge in [0.05, 0.1) is 6.61 Å². The van der Waals surface area contributed by atoms with Gasteiger partial charge in [0.2, 0.25) is 0 Å². The second-order valence-corrected chi connectivity index (χ2v) is 5.62. The predicted molar refractivity (Wildman–Crippen MR) is 96.0 cm³/mol. The van der Waals surface area contributed by atoms with Crippen molar-refractivity contribution in [3.63, 3.8) is 0 Å². The molecule has 0 unspecified atom stereocenters. The van der Waals surface area contributed by atoms with E-state index in [1.807, 2.05) is 36.4 Å². The van der Waals surface area contributed by atoms with Crippen LogP contribution < -0.4 is 10.6 Å². The van der Waals surface area contributed by atoms with Gasteiger partial charge in [-0.3, -0.25) is 4.79 Å². The summed E-state index contributed by atoms with van der Waals surface area (Å²) in [6, 6.07) is 11.7. The number of fused-ring (bicyclic) bond motifs is 1. The summed E-state index contributed by atoms with van der Waals surface area (Å²) < 4.78 is 5.97. The molecule has 4 nitrogen and oxygen atoms in total. The van der Waals surface area contributed by atoms with E-state index in [-0.39, 0.29) is 18.3 Å². The van der Waals surface area contributed by atoms with Crippen LogP contribution in [0.3, 0.4) is 0 Å². The Kier molecular flexibility index (Phi) is 8.42. The molecule has 2 aromatic rings. The van der Waals surface area contributed by atoms with Crippen LogP contribution in [0, 0.1) is 0 Å². The van der Waals surface area contributed by atoms with Gasteiger partial charge in [-0.15, -0.1) is 12.4 Å². The van der Waals surface area contributed by atoms with Crippen molar-refractivity contribution < 1.29 is 9.53 Å². The van der Waals surface area contributed by atoms with E-state index >= 15 is 0 Å². The van der Waals surface area contributed by atoms with E-state index in [2.05, 4.69) is 26.6 Å². The first kappa shape index (κ1) is 18.9. The lowest BCUT2D eigenvalue weighted by Crippen LogP contribution is -2.33. The number of nitrogens with one attached hydrogen (secondary N) is 2. The van der Waals surface area contributed by atoms with Crippen molar-refractivity contribution in [3.8, 4) is 0 Å². The van der Waals surface area contributed by atoms with Gasteiger partial charge in [-0.25, -0.2) is 0 Å². The number of carbonyl (C=O) groups excluding carboxylic acids is 1. The Morgan fingerprint density at radius 2 is 1.82 bits per heavy atom. The lowest BCUT2D eigenvalue weighted by molar-refractivity contribution is 0.0954. The molecule has 0 aliphatic heterocycles. The number of carbonyl (C=O) groups is 1. The van der Waals surface area contributed by atoms with Gasteiger partial charge in [0.15, 0.2) is 0 Å². The molecule has 0 saturated carbocycles. The van der Waals surface area contributed by atoms with Gasteiger partial charge in [0, 0.05) is 36.8 Å². The standard InChI is InChI=1S/C16H19BrN2O2.ClH/c1-21-9-8-18-6-7-19-16(20)14-3-2-13-11-15(17)5-4-12(13)10-14;/h2-5,10-11,18H,6-9H2,1H3,(H,19,20);1H. The molecule has 2 rings (SSSR count). The van der Waals surface area contributed by atoms with Crippen molar-refractivity contribution in [2.24, 2.45) is 0 Å². The minimum Gasteiger partial charge on any atom is -0.383 e. The highest BCUT2D eigenvalue weighted by atomic mass is 79.9. The van der Waals surface area contributed by atoms with Gasteiger partial charge in [-0.05, 0) is 35.0 Å². The van der Waals surface area contributed by atoms with Crippen LogP contribution in [0.2, 0.25) is 0 Å². The molecular formula is C16H20BrClN2O2. The molecule has 0 atom stereocenters. The number of hydrogen-bond donors (Lipinski definition) is 2. The highest BCUT2D eigenvalue weighted by Crippen LogP contribution is 2.20. The van der Waals surface area contributed by atoms with Crippen molar-refractivity contribution in [2.45, 2.75) is 0 Å². The SMILES string of the molecule is COCCNCCNC(=O)c1ccc2cc(Br)ccc2c1.Cl. The molecule has 0 bridgehead atoms. The van der Waals surface area contributed by atoms with Crippen molar-refractivity contribution in [1.82, 2.24) is 10.6 Å². The summed E-state index contributed by atoms with van der Waals surface area (Å²) in [5.74, 6) is -0.0478. The molecule has 0 heterocycles. The zero-order chi connectivity index (χ0) is 15.1. The molecule has 0 aliphatic carbocycles. The van der Waals surface area contributed by atoms with E-state index in [1.54, 1.807) is 7.11 Å². The molecule has 0 fully saturated rings. The Labute approximate surface area is 145 Å². The Bertz CT molecular complexity index is 622. The van der Waals surface area contributed by atoms with Crippen molar-refractivity contribution in [2.75, 3.05) is 33.4 Å². The molecule has 1 amide bonds. The minimum absolute atomic E-state index is 0. The van der Waals surface area contributed by atoms with Crippen LogP contribution >= 0.6 is 28.3 Å². The van der Waals surface area contributed by atoms with Crippen molar-refractivity contribution in [1.29, 1.82) is 0 Å². The number of halogens is 2. The first-order chi connectivity index (χ1) is 10.2. The van der Waals surface area contributed by atoms with Gasteiger partial charge < -0.3 is 15.4 Å². The number of methoxy groups -OCH3 is 1. The van der Waals surface area contributed by atoms with Gasteiger partial charge in [0.25, 0.3) is 5.91 Å². The molecule has 6 heteroatoms. The lowest BCUT2D eigenvalue weighted by atomic mass is 10.1. The van der Waals surface area contributed by atoms with Crippen LogP contribution in [0.4, 0.5) is 0 Å².